The zero-order chi connectivity index (χ0) is 20.1. The first-order valence-electron chi connectivity index (χ1n) is 9.84. The van der Waals surface area contributed by atoms with Crippen LogP contribution in [0.2, 0.25) is 5.02 Å². The molecule has 6 aromatic rings. The second-order valence-corrected chi connectivity index (χ2v) is 7.84. The maximum atomic E-state index is 6.31. The second kappa shape index (κ2) is 6.72. The summed E-state index contributed by atoms with van der Waals surface area (Å²) in [5.74, 6) is 0.643. The van der Waals surface area contributed by atoms with Gasteiger partial charge in [-0.25, -0.2) is 4.98 Å². The van der Waals surface area contributed by atoms with Crippen molar-refractivity contribution in [1.82, 2.24) is 4.98 Å². The predicted octanol–water partition coefficient (Wildman–Crippen LogP) is 8.12. The third-order valence-electron chi connectivity index (χ3n) is 5.55. The van der Waals surface area contributed by atoms with Gasteiger partial charge in [0.05, 0.1) is 0 Å². The normalized spacial score (nSPS) is 11.5. The topological polar surface area (TPSA) is 26.0 Å². The Labute approximate surface area is 178 Å². The number of oxazole rings is 1. The summed E-state index contributed by atoms with van der Waals surface area (Å²) in [6.07, 6.45) is 0. The maximum Gasteiger partial charge on any atom is 0.227 e. The number of rotatable bonds is 2. The maximum absolute atomic E-state index is 6.31. The fourth-order valence-corrected chi connectivity index (χ4v) is 4.17. The minimum Gasteiger partial charge on any atom is -0.435 e. The number of halogens is 1. The third-order valence-corrected chi connectivity index (χ3v) is 5.81. The lowest BCUT2D eigenvalue weighted by molar-refractivity contribution is 0.623. The van der Waals surface area contributed by atoms with Crippen LogP contribution in [0.3, 0.4) is 0 Å². The molecule has 0 saturated carbocycles. The monoisotopic (exact) mass is 405 g/mol. The molecule has 0 fully saturated rings. The number of hydrogen-bond donors (Lipinski definition) is 0. The molecule has 0 spiro atoms. The van der Waals surface area contributed by atoms with Crippen molar-refractivity contribution >= 4 is 44.2 Å². The fraction of sp³-hybridized carbons (Fsp3) is 0. The highest BCUT2D eigenvalue weighted by atomic mass is 35.5. The van der Waals surface area contributed by atoms with E-state index < -0.39 is 0 Å². The molecule has 142 valence electrons. The Morgan fingerprint density at radius 1 is 0.633 bits per heavy atom. The van der Waals surface area contributed by atoms with Gasteiger partial charge in [-0.2, -0.15) is 0 Å². The molecule has 5 aromatic carbocycles. The zero-order valence-corrected chi connectivity index (χ0v) is 16.7. The highest BCUT2D eigenvalue weighted by molar-refractivity contribution is 6.30. The highest BCUT2D eigenvalue weighted by Gasteiger charge is 2.14. The molecule has 0 amide bonds. The molecule has 0 aliphatic carbocycles. The largest absolute Gasteiger partial charge is 0.435 e. The average Bonchev–Trinajstić information content (AvgIpc) is 3.24. The van der Waals surface area contributed by atoms with Crippen LogP contribution in [0.25, 0.3) is 55.2 Å². The van der Waals surface area contributed by atoms with Gasteiger partial charge in [0.1, 0.15) is 5.52 Å². The van der Waals surface area contributed by atoms with Crippen molar-refractivity contribution < 1.29 is 4.42 Å². The molecule has 0 bridgehead atoms. The van der Waals surface area contributed by atoms with Gasteiger partial charge in [-0.1, -0.05) is 72.3 Å². The van der Waals surface area contributed by atoms with Crippen LogP contribution in [0.4, 0.5) is 0 Å². The number of nitrogens with zero attached hydrogens (tertiary/aromatic N) is 1. The number of hydrogen-bond acceptors (Lipinski definition) is 2. The summed E-state index contributed by atoms with van der Waals surface area (Å²) in [5, 5.41) is 5.29. The molecule has 2 nitrogen and oxygen atoms in total. The molecule has 0 aliphatic heterocycles. The molecule has 0 radical (unpaired) electrons. The first-order chi connectivity index (χ1) is 14.8. The zero-order valence-electron chi connectivity index (χ0n) is 16.0. The summed E-state index contributed by atoms with van der Waals surface area (Å²) in [5.41, 5.74) is 4.94. The lowest BCUT2D eigenvalue weighted by Crippen LogP contribution is -1.82. The molecule has 6 rings (SSSR count). The van der Waals surface area contributed by atoms with E-state index >= 15 is 0 Å². The summed E-state index contributed by atoms with van der Waals surface area (Å²) in [6.45, 7) is 0. The molecular formula is C27H16ClNO. The van der Waals surface area contributed by atoms with Crippen LogP contribution in [-0.4, -0.2) is 4.98 Å². The van der Waals surface area contributed by atoms with Crippen LogP contribution in [0.1, 0.15) is 0 Å². The predicted molar refractivity (Wildman–Crippen MR) is 125 cm³/mol. The summed E-state index contributed by atoms with van der Waals surface area (Å²) < 4.78 is 6.31. The quantitative estimate of drug-likeness (QED) is 0.272. The van der Waals surface area contributed by atoms with Crippen molar-refractivity contribution in [3.63, 3.8) is 0 Å². The van der Waals surface area contributed by atoms with E-state index in [9.17, 15) is 0 Å². The van der Waals surface area contributed by atoms with E-state index in [1.54, 1.807) is 0 Å². The number of aromatic nitrogens is 1. The molecule has 1 heterocycles. The average molecular weight is 406 g/mol. The van der Waals surface area contributed by atoms with E-state index in [-0.39, 0.29) is 0 Å². The summed E-state index contributed by atoms with van der Waals surface area (Å²) in [7, 11) is 0. The van der Waals surface area contributed by atoms with Crippen LogP contribution in [-0.2, 0) is 0 Å². The van der Waals surface area contributed by atoms with Crippen LogP contribution in [0.15, 0.2) is 101 Å². The van der Waals surface area contributed by atoms with Gasteiger partial charge in [-0.15, -0.1) is 0 Å². The first-order valence-corrected chi connectivity index (χ1v) is 10.2. The van der Waals surface area contributed by atoms with Gasteiger partial charge in [-0.3, -0.25) is 0 Å². The Balaban J connectivity index is 1.65. The molecule has 0 saturated heterocycles. The summed E-state index contributed by atoms with van der Waals surface area (Å²) in [4.78, 5) is 4.75. The van der Waals surface area contributed by atoms with E-state index in [1.165, 1.54) is 5.39 Å². The van der Waals surface area contributed by atoms with Gasteiger partial charge < -0.3 is 4.42 Å². The molecule has 0 unspecified atom stereocenters. The third kappa shape index (κ3) is 2.77. The Hall–Kier alpha value is -3.62. The summed E-state index contributed by atoms with van der Waals surface area (Å²) >= 11 is 6.07. The minimum absolute atomic E-state index is 0.643. The van der Waals surface area contributed by atoms with E-state index in [4.69, 9.17) is 21.0 Å². The van der Waals surface area contributed by atoms with Gasteiger partial charge in [0, 0.05) is 16.0 Å². The first kappa shape index (κ1) is 17.3. The van der Waals surface area contributed by atoms with E-state index in [0.717, 1.165) is 49.0 Å². The molecule has 30 heavy (non-hydrogen) atoms. The molecule has 3 heteroatoms. The van der Waals surface area contributed by atoms with Crippen molar-refractivity contribution in [3.8, 4) is 22.6 Å². The van der Waals surface area contributed by atoms with Crippen LogP contribution >= 0.6 is 11.6 Å². The Morgan fingerprint density at radius 3 is 2.17 bits per heavy atom. The fourth-order valence-electron chi connectivity index (χ4n) is 4.05. The van der Waals surface area contributed by atoms with E-state index in [0.29, 0.717) is 5.89 Å². The van der Waals surface area contributed by atoms with Gasteiger partial charge >= 0.3 is 0 Å². The van der Waals surface area contributed by atoms with Crippen molar-refractivity contribution in [3.05, 3.63) is 102 Å². The van der Waals surface area contributed by atoms with Crippen LogP contribution < -0.4 is 0 Å². The van der Waals surface area contributed by atoms with Crippen LogP contribution in [0.5, 0.6) is 0 Å². The minimum atomic E-state index is 0.643. The Morgan fingerprint density at radius 2 is 1.33 bits per heavy atom. The standard InChI is InChI=1S/C27H16ClNO/c28-22-13-10-17(11-14-22)21-9-7-18-6-8-19-12-15-24-26(25(19)23(18)16-21)30-27(29-24)20-4-2-1-3-5-20/h1-16H. The van der Waals surface area contributed by atoms with Gasteiger partial charge in [-0.05, 0) is 63.7 Å². The lowest BCUT2D eigenvalue weighted by Gasteiger charge is -2.08. The van der Waals surface area contributed by atoms with E-state index in [1.807, 2.05) is 60.7 Å². The van der Waals surface area contributed by atoms with Gasteiger partial charge in [0.25, 0.3) is 0 Å². The molecular weight excluding hydrogens is 390 g/mol. The highest BCUT2D eigenvalue weighted by Crippen LogP contribution is 2.36. The van der Waals surface area contributed by atoms with Crippen molar-refractivity contribution in [2.24, 2.45) is 0 Å². The SMILES string of the molecule is Clc1ccc(-c2ccc3ccc4ccc5nc(-c6ccccc6)oc5c4c3c2)cc1. The number of benzene rings is 5. The summed E-state index contributed by atoms with van der Waals surface area (Å²) in [6, 6.07) is 32.9. The van der Waals surface area contributed by atoms with E-state index in [2.05, 4.69) is 36.4 Å². The smallest absolute Gasteiger partial charge is 0.227 e. The Kier molecular flexibility index (Phi) is 3.87. The number of fused-ring (bicyclic) bond motifs is 5. The van der Waals surface area contributed by atoms with Crippen molar-refractivity contribution in [2.75, 3.05) is 0 Å². The van der Waals surface area contributed by atoms with Gasteiger partial charge in [0.2, 0.25) is 5.89 Å². The lowest BCUT2D eigenvalue weighted by atomic mass is 9.97. The van der Waals surface area contributed by atoms with Crippen molar-refractivity contribution in [1.29, 1.82) is 0 Å². The van der Waals surface area contributed by atoms with Crippen molar-refractivity contribution in [2.45, 2.75) is 0 Å². The molecule has 1 aromatic heterocycles. The molecule has 0 atom stereocenters. The van der Waals surface area contributed by atoms with Gasteiger partial charge in [0.15, 0.2) is 5.58 Å². The molecule has 0 aliphatic rings. The Bertz CT molecular complexity index is 1530. The van der Waals surface area contributed by atoms with Crippen LogP contribution in [0, 0.1) is 0 Å². The second-order valence-electron chi connectivity index (χ2n) is 7.41. The molecule has 0 N–H and O–H groups in total.